The number of rotatable bonds is 5. The number of benzene rings is 1. The first-order valence-corrected chi connectivity index (χ1v) is 8.35. The van der Waals surface area contributed by atoms with Crippen LogP contribution in [0, 0.1) is 0 Å². The molecule has 1 amide bonds. The van der Waals surface area contributed by atoms with Crippen LogP contribution in [0.5, 0.6) is 5.75 Å². The molecule has 2 heterocycles. The lowest BCUT2D eigenvalue weighted by atomic mass is 10.2. The van der Waals surface area contributed by atoms with Crippen LogP contribution in [0.1, 0.15) is 12.6 Å². The summed E-state index contributed by atoms with van der Waals surface area (Å²) in [5, 5.41) is 0. The molecule has 1 aliphatic heterocycles. The van der Waals surface area contributed by atoms with Crippen molar-refractivity contribution in [3.8, 4) is 5.75 Å². The lowest BCUT2D eigenvalue weighted by molar-refractivity contribution is -0.139. The van der Waals surface area contributed by atoms with Gasteiger partial charge in [-0.25, -0.2) is 0 Å². The van der Waals surface area contributed by atoms with Crippen molar-refractivity contribution in [2.75, 3.05) is 26.2 Å². The van der Waals surface area contributed by atoms with Gasteiger partial charge in [0.15, 0.2) is 6.10 Å². The van der Waals surface area contributed by atoms with E-state index in [9.17, 15) is 4.79 Å². The number of hydrogen-bond acceptors (Lipinski definition) is 4. The van der Waals surface area contributed by atoms with Gasteiger partial charge in [0, 0.05) is 38.9 Å². The molecule has 1 aliphatic rings. The van der Waals surface area contributed by atoms with Crippen molar-refractivity contribution < 1.29 is 9.53 Å². The molecule has 3 rings (SSSR count). The molecule has 1 aromatic heterocycles. The van der Waals surface area contributed by atoms with Crippen LogP contribution in [0.4, 0.5) is 0 Å². The minimum Gasteiger partial charge on any atom is -0.481 e. The number of amides is 1. The maximum atomic E-state index is 12.5. The Morgan fingerprint density at radius 3 is 2.46 bits per heavy atom. The summed E-state index contributed by atoms with van der Waals surface area (Å²) in [6.07, 6.45) is 1.35. The largest absolute Gasteiger partial charge is 0.481 e. The predicted octanol–water partition coefficient (Wildman–Crippen LogP) is 2.19. The Labute approximate surface area is 142 Å². The standard InChI is InChI=1S/C19H23N3O2/c1-16(24-18-8-3-2-4-9-18)19(23)22-13-11-21(12-14-22)15-17-7-5-6-10-20-17/h2-10,16H,11-15H2,1H3. The molecule has 0 aliphatic carbocycles. The highest BCUT2D eigenvalue weighted by molar-refractivity contribution is 5.81. The van der Waals surface area contributed by atoms with E-state index in [0.717, 1.165) is 44.2 Å². The summed E-state index contributed by atoms with van der Waals surface area (Å²) in [6.45, 7) is 5.83. The van der Waals surface area contributed by atoms with Crippen molar-refractivity contribution >= 4 is 5.91 Å². The second kappa shape index (κ2) is 7.93. The molecule has 0 spiro atoms. The first-order valence-electron chi connectivity index (χ1n) is 8.35. The predicted molar refractivity (Wildman–Crippen MR) is 92.6 cm³/mol. The molecule has 0 saturated carbocycles. The SMILES string of the molecule is CC(Oc1ccccc1)C(=O)N1CCN(Cc2ccccn2)CC1. The van der Waals surface area contributed by atoms with E-state index in [-0.39, 0.29) is 5.91 Å². The molecule has 1 atom stereocenters. The molecular formula is C19H23N3O2. The minimum atomic E-state index is -0.463. The fourth-order valence-corrected chi connectivity index (χ4v) is 2.86. The van der Waals surface area contributed by atoms with Gasteiger partial charge in [-0.3, -0.25) is 14.7 Å². The van der Waals surface area contributed by atoms with Gasteiger partial charge >= 0.3 is 0 Å². The maximum absolute atomic E-state index is 12.5. The molecule has 1 aromatic carbocycles. The van der Waals surface area contributed by atoms with Gasteiger partial charge < -0.3 is 9.64 Å². The molecule has 24 heavy (non-hydrogen) atoms. The normalized spacial score (nSPS) is 16.6. The van der Waals surface area contributed by atoms with E-state index in [4.69, 9.17) is 4.74 Å². The number of para-hydroxylation sites is 1. The molecular weight excluding hydrogens is 302 g/mol. The zero-order valence-electron chi connectivity index (χ0n) is 14.0. The Balaban J connectivity index is 1.48. The van der Waals surface area contributed by atoms with Crippen LogP contribution in [0.2, 0.25) is 0 Å². The summed E-state index contributed by atoms with van der Waals surface area (Å²) < 4.78 is 5.74. The third kappa shape index (κ3) is 4.32. The van der Waals surface area contributed by atoms with E-state index >= 15 is 0 Å². The van der Waals surface area contributed by atoms with E-state index < -0.39 is 6.10 Å². The fraction of sp³-hybridized carbons (Fsp3) is 0.368. The number of piperazine rings is 1. The van der Waals surface area contributed by atoms with Crippen molar-refractivity contribution in [1.29, 1.82) is 0 Å². The highest BCUT2D eigenvalue weighted by Gasteiger charge is 2.26. The van der Waals surface area contributed by atoms with E-state index in [1.165, 1.54) is 0 Å². The van der Waals surface area contributed by atoms with Crippen molar-refractivity contribution in [1.82, 2.24) is 14.8 Å². The Kier molecular flexibility index (Phi) is 5.43. The molecule has 1 unspecified atom stereocenters. The third-order valence-corrected chi connectivity index (χ3v) is 4.20. The topological polar surface area (TPSA) is 45.7 Å². The summed E-state index contributed by atoms with van der Waals surface area (Å²) in [5.74, 6) is 0.781. The molecule has 126 valence electrons. The van der Waals surface area contributed by atoms with Crippen LogP contribution in [-0.2, 0) is 11.3 Å². The van der Waals surface area contributed by atoms with E-state index in [2.05, 4.69) is 9.88 Å². The summed E-state index contributed by atoms with van der Waals surface area (Å²) in [4.78, 5) is 21.1. The molecule has 2 aromatic rings. The quantitative estimate of drug-likeness (QED) is 0.845. The van der Waals surface area contributed by atoms with Crippen LogP contribution in [0.3, 0.4) is 0 Å². The van der Waals surface area contributed by atoms with Gasteiger partial charge in [-0.05, 0) is 31.2 Å². The Bertz CT molecular complexity index is 640. The Hall–Kier alpha value is -2.40. The molecule has 0 bridgehead atoms. The van der Waals surface area contributed by atoms with Crippen LogP contribution in [-0.4, -0.2) is 53.0 Å². The number of nitrogens with zero attached hydrogens (tertiary/aromatic N) is 3. The van der Waals surface area contributed by atoms with Gasteiger partial charge in [0.25, 0.3) is 5.91 Å². The smallest absolute Gasteiger partial charge is 0.263 e. The van der Waals surface area contributed by atoms with Crippen LogP contribution in [0.15, 0.2) is 54.7 Å². The molecule has 1 saturated heterocycles. The number of aromatic nitrogens is 1. The zero-order valence-corrected chi connectivity index (χ0v) is 14.0. The molecule has 0 radical (unpaired) electrons. The second-order valence-corrected chi connectivity index (χ2v) is 6.00. The van der Waals surface area contributed by atoms with Gasteiger partial charge in [0.05, 0.1) is 5.69 Å². The Morgan fingerprint density at radius 1 is 1.08 bits per heavy atom. The second-order valence-electron chi connectivity index (χ2n) is 6.00. The lowest BCUT2D eigenvalue weighted by Gasteiger charge is -2.35. The van der Waals surface area contributed by atoms with Crippen LogP contribution in [0.25, 0.3) is 0 Å². The van der Waals surface area contributed by atoms with Crippen molar-refractivity contribution in [2.45, 2.75) is 19.6 Å². The van der Waals surface area contributed by atoms with Crippen LogP contribution >= 0.6 is 0 Å². The fourth-order valence-electron chi connectivity index (χ4n) is 2.86. The van der Waals surface area contributed by atoms with Crippen molar-refractivity contribution in [3.63, 3.8) is 0 Å². The first kappa shape index (κ1) is 16.5. The maximum Gasteiger partial charge on any atom is 0.263 e. The Morgan fingerprint density at radius 2 is 1.79 bits per heavy atom. The van der Waals surface area contributed by atoms with E-state index in [1.54, 1.807) is 0 Å². The average Bonchev–Trinajstić information content (AvgIpc) is 2.63. The molecule has 0 N–H and O–H groups in total. The highest BCUT2D eigenvalue weighted by atomic mass is 16.5. The summed E-state index contributed by atoms with van der Waals surface area (Å²) in [6, 6.07) is 15.4. The van der Waals surface area contributed by atoms with E-state index in [0.29, 0.717) is 0 Å². The number of carbonyl (C=O) groups is 1. The number of hydrogen-bond donors (Lipinski definition) is 0. The van der Waals surface area contributed by atoms with Gasteiger partial charge in [-0.1, -0.05) is 24.3 Å². The van der Waals surface area contributed by atoms with Crippen molar-refractivity contribution in [2.24, 2.45) is 0 Å². The minimum absolute atomic E-state index is 0.0522. The van der Waals surface area contributed by atoms with Gasteiger partial charge in [0.2, 0.25) is 0 Å². The zero-order chi connectivity index (χ0) is 16.8. The number of ether oxygens (including phenoxy) is 1. The summed E-state index contributed by atoms with van der Waals surface area (Å²) in [7, 11) is 0. The van der Waals surface area contributed by atoms with Gasteiger partial charge in [-0.15, -0.1) is 0 Å². The molecule has 5 nitrogen and oxygen atoms in total. The average molecular weight is 325 g/mol. The van der Waals surface area contributed by atoms with Gasteiger partial charge in [0.1, 0.15) is 5.75 Å². The van der Waals surface area contributed by atoms with Crippen LogP contribution < -0.4 is 4.74 Å². The summed E-state index contributed by atoms with van der Waals surface area (Å²) in [5.41, 5.74) is 1.07. The monoisotopic (exact) mass is 325 g/mol. The molecule has 1 fully saturated rings. The third-order valence-electron chi connectivity index (χ3n) is 4.20. The number of carbonyl (C=O) groups excluding carboxylic acids is 1. The van der Waals surface area contributed by atoms with Gasteiger partial charge in [-0.2, -0.15) is 0 Å². The molecule has 5 heteroatoms. The lowest BCUT2D eigenvalue weighted by Crippen LogP contribution is -2.51. The summed E-state index contributed by atoms with van der Waals surface area (Å²) >= 11 is 0. The highest BCUT2D eigenvalue weighted by Crippen LogP contribution is 2.13. The first-order chi connectivity index (χ1) is 11.7. The van der Waals surface area contributed by atoms with Crippen molar-refractivity contribution in [3.05, 3.63) is 60.4 Å². The number of pyridine rings is 1. The van der Waals surface area contributed by atoms with E-state index in [1.807, 2.05) is 66.6 Å².